The number of aromatic nitrogens is 2. The minimum absolute atomic E-state index is 0.0954. The predicted octanol–water partition coefficient (Wildman–Crippen LogP) is 2.87. The summed E-state index contributed by atoms with van der Waals surface area (Å²) in [7, 11) is -4.41. The van der Waals surface area contributed by atoms with E-state index in [1.54, 1.807) is 18.2 Å². The molecule has 4 N–H and O–H groups in total. The molecule has 0 aliphatic rings. The molecule has 0 aliphatic carbocycles. The monoisotopic (exact) mass is 515 g/mol. The van der Waals surface area contributed by atoms with E-state index in [4.69, 9.17) is 9.79 Å². The normalized spacial score (nSPS) is 11.6. The van der Waals surface area contributed by atoms with Crippen LogP contribution in [0.4, 0.5) is 8.78 Å². The van der Waals surface area contributed by atoms with Crippen LogP contribution >= 0.6 is 7.60 Å². The first kappa shape index (κ1) is 25.2. The Bertz CT molecular complexity index is 1550. The van der Waals surface area contributed by atoms with E-state index >= 15 is 0 Å². The minimum Gasteiger partial charge on any atom is -0.505 e. The molecule has 4 rings (SSSR count). The summed E-state index contributed by atoms with van der Waals surface area (Å²) >= 11 is 0. The van der Waals surface area contributed by atoms with Crippen LogP contribution in [0, 0.1) is 11.6 Å². The molecule has 2 aromatic carbocycles. The number of pyridine rings is 2. The van der Waals surface area contributed by atoms with Crippen molar-refractivity contribution >= 4 is 24.5 Å². The number of hydrogen-bond donors (Lipinski definition) is 4. The van der Waals surface area contributed by atoms with Gasteiger partial charge in [-0.25, -0.2) is 8.78 Å². The Kier molecular flexibility index (Phi) is 6.98. The lowest BCUT2D eigenvalue weighted by Crippen LogP contribution is -2.34. The van der Waals surface area contributed by atoms with Gasteiger partial charge < -0.3 is 20.2 Å². The van der Waals surface area contributed by atoms with Crippen LogP contribution in [-0.4, -0.2) is 43.1 Å². The third-order valence-corrected chi connectivity index (χ3v) is 6.17. The lowest BCUT2D eigenvalue weighted by molar-refractivity contribution is 0.0951. The zero-order valence-electron chi connectivity index (χ0n) is 18.6. The molecule has 12 heteroatoms. The first-order valence-corrected chi connectivity index (χ1v) is 12.4. The Morgan fingerprint density at radius 3 is 2.22 bits per heavy atom. The van der Waals surface area contributed by atoms with E-state index < -0.39 is 54.7 Å². The molecule has 2 aromatic heterocycles. The number of aromatic hydroxyl groups is 1. The van der Waals surface area contributed by atoms with Crippen molar-refractivity contribution in [2.45, 2.75) is 6.42 Å². The van der Waals surface area contributed by atoms with Crippen molar-refractivity contribution in [2.75, 3.05) is 12.7 Å². The van der Waals surface area contributed by atoms with Crippen molar-refractivity contribution < 1.29 is 33.0 Å². The summed E-state index contributed by atoms with van der Waals surface area (Å²) in [6, 6.07) is 12.2. The summed E-state index contributed by atoms with van der Waals surface area (Å²) in [4.78, 5) is 48.4. The van der Waals surface area contributed by atoms with Crippen molar-refractivity contribution in [3.05, 3.63) is 99.5 Å². The largest absolute Gasteiger partial charge is 0.505 e. The fraction of sp³-hybridized carbons (Fsp3) is 0.125. The van der Waals surface area contributed by atoms with Crippen molar-refractivity contribution in [3.8, 4) is 11.4 Å². The Morgan fingerprint density at radius 2 is 1.61 bits per heavy atom. The van der Waals surface area contributed by atoms with Crippen molar-refractivity contribution in [2.24, 2.45) is 0 Å². The van der Waals surface area contributed by atoms with Gasteiger partial charge in [0.1, 0.15) is 22.7 Å². The lowest BCUT2D eigenvalue weighted by atomic mass is 10.0. The van der Waals surface area contributed by atoms with E-state index in [0.29, 0.717) is 12.0 Å². The van der Waals surface area contributed by atoms with Crippen LogP contribution in [0.15, 0.2) is 65.6 Å². The van der Waals surface area contributed by atoms with Gasteiger partial charge in [-0.3, -0.25) is 23.7 Å². The van der Waals surface area contributed by atoms with Crippen LogP contribution in [0.3, 0.4) is 0 Å². The number of benzene rings is 2. The van der Waals surface area contributed by atoms with E-state index in [2.05, 4.69) is 10.3 Å². The molecular formula is C24H20F2N3O6P. The summed E-state index contributed by atoms with van der Waals surface area (Å²) in [5, 5.41) is 13.0. The molecule has 0 bridgehead atoms. The highest BCUT2D eigenvalue weighted by atomic mass is 31.2. The van der Waals surface area contributed by atoms with E-state index in [9.17, 15) is 28.0 Å². The van der Waals surface area contributed by atoms with Gasteiger partial charge in [-0.15, -0.1) is 0 Å². The number of nitrogens with one attached hydrogen (secondary N) is 1. The van der Waals surface area contributed by atoms with Gasteiger partial charge in [0, 0.05) is 18.4 Å². The zero-order chi connectivity index (χ0) is 26.0. The Hall–Kier alpha value is -3.92. The number of carbonyl (C=O) groups excluding carboxylic acids is 1. The highest BCUT2D eigenvalue weighted by molar-refractivity contribution is 7.51. The van der Waals surface area contributed by atoms with Gasteiger partial charge in [-0.05, 0) is 60.0 Å². The second kappa shape index (κ2) is 9.98. The van der Waals surface area contributed by atoms with Crippen LogP contribution in [-0.2, 0) is 11.0 Å². The minimum atomic E-state index is -4.41. The van der Waals surface area contributed by atoms with Gasteiger partial charge in [0.25, 0.3) is 11.5 Å². The van der Waals surface area contributed by atoms with Gasteiger partial charge in [0.15, 0.2) is 5.75 Å². The SMILES string of the molecule is O=C(NCCP(=O)(O)O)c1c(O)c2ncc(Cc3ccc(F)cc3)cc2n(-c2ccc(F)cc2)c1=O. The van der Waals surface area contributed by atoms with Crippen LogP contribution in [0.2, 0.25) is 0 Å². The van der Waals surface area contributed by atoms with E-state index in [1.165, 1.54) is 30.5 Å². The Morgan fingerprint density at radius 1 is 1.00 bits per heavy atom. The van der Waals surface area contributed by atoms with Gasteiger partial charge >= 0.3 is 7.60 Å². The maximum Gasteiger partial charge on any atom is 0.327 e. The van der Waals surface area contributed by atoms with Gasteiger partial charge in [-0.1, -0.05) is 12.1 Å². The molecule has 0 radical (unpaired) electrons. The number of halogens is 2. The highest BCUT2D eigenvalue weighted by Gasteiger charge is 2.25. The summed E-state index contributed by atoms with van der Waals surface area (Å²) in [5.74, 6) is -2.71. The molecule has 1 amide bonds. The van der Waals surface area contributed by atoms with E-state index in [0.717, 1.165) is 22.3 Å². The second-order valence-electron chi connectivity index (χ2n) is 8.00. The van der Waals surface area contributed by atoms with Crippen molar-refractivity contribution in [1.82, 2.24) is 14.9 Å². The number of hydrogen-bond acceptors (Lipinski definition) is 5. The first-order valence-electron chi connectivity index (χ1n) is 10.6. The predicted molar refractivity (Wildman–Crippen MR) is 127 cm³/mol. The maximum absolute atomic E-state index is 13.6. The van der Waals surface area contributed by atoms with Gasteiger partial charge in [0.05, 0.1) is 11.7 Å². The summed E-state index contributed by atoms with van der Waals surface area (Å²) in [6.45, 7) is -0.444. The average Bonchev–Trinajstić information content (AvgIpc) is 2.81. The molecule has 36 heavy (non-hydrogen) atoms. The molecule has 0 aliphatic heterocycles. The molecule has 9 nitrogen and oxygen atoms in total. The fourth-order valence-electron chi connectivity index (χ4n) is 3.68. The molecule has 0 saturated heterocycles. The number of nitrogens with zero attached hydrogens (tertiary/aromatic N) is 2. The van der Waals surface area contributed by atoms with Gasteiger partial charge in [-0.2, -0.15) is 0 Å². The lowest BCUT2D eigenvalue weighted by Gasteiger charge is -2.16. The third kappa shape index (κ3) is 5.49. The van der Waals surface area contributed by atoms with Crippen molar-refractivity contribution in [1.29, 1.82) is 0 Å². The maximum atomic E-state index is 13.6. The second-order valence-corrected chi connectivity index (χ2v) is 9.78. The van der Waals surface area contributed by atoms with Gasteiger partial charge in [0.2, 0.25) is 0 Å². The molecule has 0 unspecified atom stereocenters. The molecular weight excluding hydrogens is 495 g/mol. The number of amides is 1. The summed E-state index contributed by atoms with van der Waals surface area (Å²) < 4.78 is 39.0. The third-order valence-electron chi connectivity index (χ3n) is 5.37. The number of carbonyl (C=O) groups is 1. The summed E-state index contributed by atoms with van der Waals surface area (Å²) in [6.07, 6.45) is 1.09. The van der Waals surface area contributed by atoms with E-state index in [-0.39, 0.29) is 16.7 Å². The molecule has 0 spiro atoms. The van der Waals surface area contributed by atoms with E-state index in [1.807, 2.05) is 0 Å². The molecule has 0 atom stereocenters. The van der Waals surface area contributed by atoms with Crippen LogP contribution in [0.25, 0.3) is 16.7 Å². The number of fused-ring (bicyclic) bond motifs is 1. The smallest absolute Gasteiger partial charge is 0.327 e. The highest BCUT2D eigenvalue weighted by Crippen LogP contribution is 2.33. The van der Waals surface area contributed by atoms with Crippen molar-refractivity contribution in [3.63, 3.8) is 0 Å². The standard InChI is InChI=1S/C24H20F2N3O6P/c25-16-3-1-14(2-4-16)11-15-12-19-21(28-13-15)22(30)20(23(31)27-9-10-36(33,34)35)24(32)29(19)18-7-5-17(26)6-8-18/h1-8,12-13,30H,9-11H2,(H,27,31)(H2,33,34,35). The molecule has 0 fully saturated rings. The molecule has 4 aromatic rings. The summed E-state index contributed by atoms with van der Waals surface area (Å²) in [5.41, 5.74) is -0.0210. The van der Waals surface area contributed by atoms with Crippen LogP contribution < -0.4 is 10.9 Å². The molecule has 2 heterocycles. The average molecular weight is 515 g/mol. The molecule has 186 valence electrons. The zero-order valence-corrected chi connectivity index (χ0v) is 19.5. The fourth-order valence-corrected chi connectivity index (χ4v) is 4.08. The Balaban J connectivity index is 1.85. The quantitative estimate of drug-likeness (QED) is 0.277. The van der Waals surface area contributed by atoms with Crippen LogP contribution in [0.1, 0.15) is 21.5 Å². The molecule has 0 saturated carbocycles. The van der Waals surface area contributed by atoms with Crippen LogP contribution in [0.5, 0.6) is 5.75 Å². The Labute approximate surface area is 202 Å². The first-order chi connectivity index (χ1) is 17.0. The number of rotatable bonds is 7. The topological polar surface area (TPSA) is 142 Å².